The first-order chi connectivity index (χ1) is 14.3. The minimum absolute atomic E-state index is 0.0961. The van der Waals surface area contributed by atoms with Crippen LogP contribution in [0.15, 0.2) is 42.5 Å². The summed E-state index contributed by atoms with van der Waals surface area (Å²) in [6.07, 6.45) is 0.547. The molecule has 0 aromatic heterocycles. The van der Waals surface area contributed by atoms with E-state index in [4.69, 9.17) is 11.6 Å². The number of carbonyl (C=O) groups excluding carboxylic acids is 3. The fourth-order valence-corrected chi connectivity index (χ4v) is 4.13. The Hall–Kier alpha value is -2.93. The molecule has 0 atom stereocenters. The van der Waals surface area contributed by atoms with Crippen LogP contribution < -0.4 is 5.32 Å². The van der Waals surface area contributed by atoms with Crippen molar-refractivity contribution in [2.24, 2.45) is 0 Å². The first-order valence-corrected chi connectivity index (χ1v) is 10.1. The standard InChI is InChI=1S/C22H21ClFN3O3/c1-14-2-4-15(5-3-14)13-27-20(29)22(25-21(27)30)8-10-26(11-9-22)19(28)17-12-16(23)6-7-18(17)24/h2-7,12H,8-11,13H2,1H3,(H,25,30). The van der Waals surface area contributed by atoms with Crippen LogP contribution in [0.2, 0.25) is 5.02 Å². The van der Waals surface area contributed by atoms with Crippen molar-refractivity contribution in [1.29, 1.82) is 0 Å². The molecule has 2 heterocycles. The third-order valence-electron chi connectivity index (χ3n) is 5.77. The number of nitrogens with zero attached hydrogens (tertiary/aromatic N) is 2. The number of aryl methyl sites for hydroxylation is 1. The Morgan fingerprint density at radius 2 is 1.80 bits per heavy atom. The molecule has 2 aromatic rings. The fourth-order valence-electron chi connectivity index (χ4n) is 3.96. The number of likely N-dealkylation sites (tertiary alicyclic amines) is 1. The zero-order chi connectivity index (χ0) is 21.5. The van der Waals surface area contributed by atoms with Gasteiger partial charge >= 0.3 is 6.03 Å². The van der Waals surface area contributed by atoms with Gasteiger partial charge in [-0.1, -0.05) is 41.4 Å². The summed E-state index contributed by atoms with van der Waals surface area (Å²) in [6.45, 7) is 2.63. The van der Waals surface area contributed by atoms with Crippen LogP contribution in [-0.2, 0) is 11.3 Å². The van der Waals surface area contributed by atoms with E-state index < -0.39 is 23.3 Å². The van der Waals surface area contributed by atoms with Gasteiger partial charge in [-0.3, -0.25) is 14.5 Å². The summed E-state index contributed by atoms with van der Waals surface area (Å²) in [7, 11) is 0. The Morgan fingerprint density at radius 1 is 1.13 bits per heavy atom. The van der Waals surface area contributed by atoms with Crippen molar-refractivity contribution in [2.75, 3.05) is 13.1 Å². The Kier molecular flexibility index (Phi) is 5.24. The van der Waals surface area contributed by atoms with E-state index in [1.54, 1.807) is 0 Å². The number of urea groups is 1. The average Bonchev–Trinajstić information content (AvgIpc) is 2.95. The second kappa shape index (κ2) is 7.72. The number of piperidine rings is 1. The van der Waals surface area contributed by atoms with E-state index in [-0.39, 0.29) is 49.0 Å². The molecule has 156 valence electrons. The number of halogens is 2. The number of imide groups is 1. The molecule has 0 radical (unpaired) electrons. The van der Waals surface area contributed by atoms with Crippen LogP contribution in [0.1, 0.15) is 34.3 Å². The maximum absolute atomic E-state index is 14.0. The highest BCUT2D eigenvalue weighted by Crippen LogP contribution is 2.31. The second-order valence-electron chi connectivity index (χ2n) is 7.81. The van der Waals surface area contributed by atoms with Crippen LogP contribution in [0.4, 0.5) is 9.18 Å². The summed E-state index contributed by atoms with van der Waals surface area (Å²) >= 11 is 5.89. The topological polar surface area (TPSA) is 69.7 Å². The Morgan fingerprint density at radius 3 is 2.47 bits per heavy atom. The highest BCUT2D eigenvalue weighted by Gasteiger charge is 2.52. The molecule has 1 spiro atoms. The summed E-state index contributed by atoms with van der Waals surface area (Å²) in [5.74, 6) is -1.40. The van der Waals surface area contributed by atoms with Gasteiger partial charge in [0.1, 0.15) is 11.4 Å². The zero-order valence-corrected chi connectivity index (χ0v) is 17.2. The van der Waals surface area contributed by atoms with Crippen LogP contribution in [0.25, 0.3) is 0 Å². The normalized spacial score (nSPS) is 18.1. The van der Waals surface area contributed by atoms with Gasteiger partial charge in [-0.05, 0) is 43.5 Å². The van der Waals surface area contributed by atoms with Crippen molar-refractivity contribution in [1.82, 2.24) is 15.1 Å². The Bertz CT molecular complexity index is 1020. The molecule has 2 fully saturated rings. The molecule has 0 aliphatic carbocycles. The van der Waals surface area contributed by atoms with E-state index >= 15 is 0 Å². The quantitative estimate of drug-likeness (QED) is 0.759. The largest absolute Gasteiger partial charge is 0.338 e. The number of carbonyl (C=O) groups is 3. The predicted molar refractivity (Wildman–Crippen MR) is 110 cm³/mol. The maximum atomic E-state index is 14.0. The molecule has 30 heavy (non-hydrogen) atoms. The van der Waals surface area contributed by atoms with Gasteiger partial charge in [0.05, 0.1) is 12.1 Å². The Balaban J connectivity index is 1.45. The lowest BCUT2D eigenvalue weighted by Gasteiger charge is -2.37. The molecular formula is C22H21ClFN3O3. The summed E-state index contributed by atoms with van der Waals surface area (Å²) in [4.78, 5) is 41.0. The minimum atomic E-state index is -1.02. The van der Waals surface area contributed by atoms with E-state index in [1.165, 1.54) is 21.9 Å². The van der Waals surface area contributed by atoms with Gasteiger partial charge in [0, 0.05) is 18.1 Å². The number of rotatable bonds is 3. The highest BCUT2D eigenvalue weighted by atomic mass is 35.5. The van der Waals surface area contributed by atoms with Crippen molar-refractivity contribution >= 4 is 29.4 Å². The molecule has 2 aliphatic rings. The number of hydrogen-bond acceptors (Lipinski definition) is 3. The van der Waals surface area contributed by atoms with Crippen molar-refractivity contribution in [3.63, 3.8) is 0 Å². The molecule has 0 saturated carbocycles. The predicted octanol–water partition coefficient (Wildman–Crippen LogP) is 3.51. The molecule has 8 heteroatoms. The van der Waals surface area contributed by atoms with Crippen LogP contribution in [-0.4, -0.2) is 46.3 Å². The molecule has 1 N–H and O–H groups in total. The van der Waals surface area contributed by atoms with E-state index in [9.17, 15) is 18.8 Å². The van der Waals surface area contributed by atoms with Gasteiger partial charge in [-0.15, -0.1) is 0 Å². The van der Waals surface area contributed by atoms with E-state index in [0.717, 1.165) is 17.2 Å². The van der Waals surface area contributed by atoms with E-state index in [2.05, 4.69) is 5.32 Å². The van der Waals surface area contributed by atoms with Gasteiger partial charge in [-0.2, -0.15) is 0 Å². The molecule has 2 saturated heterocycles. The lowest BCUT2D eigenvalue weighted by Crippen LogP contribution is -2.55. The number of amides is 4. The van der Waals surface area contributed by atoms with Crippen molar-refractivity contribution in [2.45, 2.75) is 31.8 Å². The molecule has 2 aliphatic heterocycles. The van der Waals surface area contributed by atoms with Crippen LogP contribution in [0, 0.1) is 12.7 Å². The number of nitrogens with one attached hydrogen (secondary N) is 1. The van der Waals surface area contributed by atoms with Crippen LogP contribution in [0.3, 0.4) is 0 Å². The van der Waals surface area contributed by atoms with Crippen molar-refractivity contribution in [3.8, 4) is 0 Å². The van der Waals surface area contributed by atoms with Gasteiger partial charge in [0.2, 0.25) is 0 Å². The summed E-state index contributed by atoms with van der Waals surface area (Å²) in [5.41, 5.74) is 0.845. The first-order valence-electron chi connectivity index (χ1n) is 9.73. The van der Waals surface area contributed by atoms with Gasteiger partial charge in [-0.25, -0.2) is 9.18 Å². The molecule has 0 unspecified atom stereocenters. The maximum Gasteiger partial charge on any atom is 0.325 e. The molecular weight excluding hydrogens is 409 g/mol. The Labute approximate surface area is 178 Å². The van der Waals surface area contributed by atoms with E-state index in [0.29, 0.717) is 0 Å². The molecule has 6 nitrogen and oxygen atoms in total. The zero-order valence-electron chi connectivity index (χ0n) is 16.5. The van der Waals surface area contributed by atoms with Crippen molar-refractivity contribution < 1.29 is 18.8 Å². The third kappa shape index (κ3) is 3.65. The smallest absolute Gasteiger partial charge is 0.325 e. The first kappa shape index (κ1) is 20.3. The van der Waals surface area contributed by atoms with Crippen molar-refractivity contribution in [3.05, 3.63) is 70.0 Å². The van der Waals surface area contributed by atoms with Crippen LogP contribution in [0.5, 0.6) is 0 Å². The molecule has 2 aromatic carbocycles. The third-order valence-corrected chi connectivity index (χ3v) is 6.01. The summed E-state index contributed by atoms with van der Waals surface area (Å²) in [5, 5.41) is 3.10. The number of benzene rings is 2. The summed E-state index contributed by atoms with van der Waals surface area (Å²) < 4.78 is 14.0. The lowest BCUT2D eigenvalue weighted by atomic mass is 9.87. The lowest BCUT2D eigenvalue weighted by molar-refractivity contribution is -0.133. The average molecular weight is 430 g/mol. The SMILES string of the molecule is Cc1ccc(CN2C(=O)NC3(CCN(C(=O)c4cc(Cl)ccc4F)CC3)C2=O)cc1. The second-order valence-corrected chi connectivity index (χ2v) is 8.24. The minimum Gasteiger partial charge on any atom is -0.338 e. The molecule has 4 amide bonds. The monoisotopic (exact) mass is 429 g/mol. The fraction of sp³-hybridized carbons (Fsp3) is 0.318. The van der Waals surface area contributed by atoms with Gasteiger partial charge < -0.3 is 10.2 Å². The van der Waals surface area contributed by atoms with E-state index in [1.807, 2.05) is 31.2 Å². The number of hydrogen-bond donors (Lipinski definition) is 1. The molecule has 0 bridgehead atoms. The van der Waals surface area contributed by atoms with Gasteiger partial charge in [0.25, 0.3) is 11.8 Å². The summed E-state index contributed by atoms with van der Waals surface area (Å²) in [6, 6.07) is 11.1. The van der Waals surface area contributed by atoms with Crippen LogP contribution >= 0.6 is 11.6 Å². The van der Waals surface area contributed by atoms with Gasteiger partial charge in [0.15, 0.2) is 0 Å². The highest BCUT2D eigenvalue weighted by molar-refractivity contribution is 6.31. The molecule has 4 rings (SSSR count).